The number of hydrogen-bond donors (Lipinski definition) is 0. The molecule has 0 fully saturated rings. The molecular formula is C16H20NO6P. The maximum atomic E-state index is 12.7. The summed E-state index contributed by atoms with van der Waals surface area (Å²) in [6.45, 7) is 1.45. The maximum absolute atomic E-state index is 12.7. The Kier molecular flexibility index (Phi) is 5.59. The molecule has 1 aromatic heterocycles. The van der Waals surface area contributed by atoms with E-state index in [-0.39, 0.29) is 12.3 Å². The fourth-order valence-electron chi connectivity index (χ4n) is 2.67. The lowest BCUT2D eigenvalue weighted by Gasteiger charge is -2.22. The first-order valence-corrected chi connectivity index (χ1v) is 8.88. The first-order chi connectivity index (χ1) is 11.4. The molecule has 1 heterocycles. The molecule has 0 aliphatic carbocycles. The lowest BCUT2D eigenvalue weighted by Crippen LogP contribution is -2.26. The minimum atomic E-state index is -3.69. The van der Waals surface area contributed by atoms with Crippen LogP contribution in [-0.2, 0) is 29.6 Å². The molecule has 0 spiro atoms. The van der Waals surface area contributed by atoms with Crippen LogP contribution in [-0.4, -0.2) is 43.4 Å². The van der Waals surface area contributed by atoms with Crippen LogP contribution in [0.1, 0.15) is 17.3 Å². The van der Waals surface area contributed by atoms with Gasteiger partial charge < -0.3 is 13.8 Å². The highest BCUT2D eigenvalue weighted by Gasteiger charge is 2.41. The van der Waals surface area contributed by atoms with Crippen LogP contribution in [0, 0.1) is 0 Å². The van der Waals surface area contributed by atoms with Crippen molar-refractivity contribution in [3.05, 3.63) is 36.0 Å². The normalized spacial score (nSPS) is 13.0. The van der Waals surface area contributed by atoms with E-state index < -0.39 is 19.2 Å². The van der Waals surface area contributed by atoms with Gasteiger partial charge in [-0.25, -0.2) is 0 Å². The quantitative estimate of drug-likeness (QED) is 0.586. The molecule has 1 atom stereocenters. The largest absolute Gasteiger partial charge is 0.468 e. The number of fused-ring (bicyclic) bond motifs is 1. The highest BCUT2D eigenvalue weighted by molar-refractivity contribution is 7.55. The molecule has 0 aliphatic heterocycles. The number of para-hydroxylation sites is 1. The molecule has 0 N–H and O–H groups in total. The smallest absolute Gasteiger partial charge is 0.344 e. The molecule has 0 amide bonds. The summed E-state index contributed by atoms with van der Waals surface area (Å²) in [5.41, 5.74) is 0.280. The van der Waals surface area contributed by atoms with Crippen molar-refractivity contribution >= 4 is 30.4 Å². The fraction of sp³-hybridized carbons (Fsp3) is 0.375. The standard InChI is InChI=1S/C16H20NO6P/c1-11(18)17-10-12(13-7-5-6-8-14(13)17)9-15(16(19)21-2)24(20,22-3)23-4/h5-8,10,15H,9H2,1-4H3/t15-/m1/s1. The van der Waals surface area contributed by atoms with Gasteiger partial charge in [0.05, 0.1) is 12.6 Å². The van der Waals surface area contributed by atoms with E-state index >= 15 is 0 Å². The van der Waals surface area contributed by atoms with Crippen LogP contribution in [0.4, 0.5) is 0 Å². The number of nitrogens with zero attached hydrogens (tertiary/aromatic N) is 1. The summed E-state index contributed by atoms with van der Waals surface area (Å²) in [7, 11) is -0.0359. The van der Waals surface area contributed by atoms with Crippen LogP contribution in [0.15, 0.2) is 30.5 Å². The van der Waals surface area contributed by atoms with E-state index in [1.807, 2.05) is 18.2 Å². The lowest BCUT2D eigenvalue weighted by molar-refractivity contribution is -0.140. The van der Waals surface area contributed by atoms with E-state index in [9.17, 15) is 14.2 Å². The summed E-state index contributed by atoms with van der Waals surface area (Å²) in [4.78, 5) is 24.0. The molecular weight excluding hydrogens is 333 g/mol. The summed E-state index contributed by atoms with van der Waals surface area (Å²) in [5.74, 6) is -0.851. The summed E-state index contributed by atoms with van der Waals surface area (Å²) >= 11 is 0. The van der Waals surface area contributed by atoms with Crippen LogP contribution >= 0.6 is 7.60 Å². The SMILES string of the molecule is COC(=O)[C@@H](Cc1cn(C(C)=O)c2ccccc12)P(=O)(OC)OC. The molecule has 0 radical (unpaired) electrons. The van der Waals surface area contributed by atoms with E-state index in [1.165, 1.54) is 32.8 Å². The number of aromatic nitrogens is 1. The Morgan fingerprint density at radius 3 is 2.33 bits per heavy atom. The fourth-order valence-corrected chi connectivity index (χ4v) is 4.11. The van der Waals surface area contributed by atoms with Gasteiger partial charge in [0.15, 0.2) is 5.66 Å². The molecule has 8 heteroatoms. The number of benzene rings is 1. The number of carbonyl (C=O) groups excluding carboxylic acids is 2. The second-order valence-corrected chi connectivity index (χ2v) is 7.64. The Bertz CT molecular complexity index is 804. The number of esters is 1. The van der Waals surface area contributed by atoms with Gasteiger partial charge in [-0.2, -0.15) is 0 Å². The van der Waals surface area contributed by atoms with E-state index in [2.05, 4.69) is 0 Å². The molecule has 0 saturated heterocycles. The molecule has 0 bridgehead atoms. The van der Waals surface area contributed by atoms with Gasteiger partial charge >= 0.3 is 13.6 Å². The molecule has 0 saturated carbocycles. The summed E-state index contributed by atoms with van der Waals surface area (Å²) < 4.78 is 28.9. The third-order valence-corrected chi connectivity index (χ3v) is 6.09. The van der Waals surface area contributed by atoms with Crippen LogP contribution in [0.3, 0.4) is 0 Å². The van der Waals surface area contributed by atoms with Gasteiger partial charge in [-0.15, -0.1) is 0 Å². The number of carbonyl (C=O) groups is 2. The minimum Gasteiger partial charge on any atom is -0.468 e. The Morgan fingerprint density at radius 2 is 1.79 bits per heavy atom. The number of rotatable bonds is 6. The monoisotopic (exact) mass is 353 g/mol. The Balaban J connectivity index is 2.54. The molecule has 0 unspecified atom stereocenters. The van der Waals surface area contributed by atoms with E-state index in [0.29, 0.717) is 11.1 Å². The van der Waals surface area contributed by atoms with Gasteiger partial charge in [0.25, 0.3) is 0 Å². The molecule has 24 heavy (non-hydrogen) atoms. The van der Waals surface area contributed by atoms with Crippen molar-refractivity contribution in [2.45, 2.75) is 19.0 Å². The van der Waals surface area contributed by atoms with Gasteiger partial charge in [-0.1, -0.05) is 18.2 Å². The van der Waals surface area contributed by atoms with Crippen molar-refractivity contribution in [3.8, 4) is 0 Å². The van der Waals surface area contributed by atoms with Gasteiger partial charge in [0.2, 0.25) is 5.91 Å². The average molecular weight is 353 g/mol. The Hall–Kier alpha value is -1.95. The topological polar surface area (TPSA) is 83.8 Å². The zero-order chi connectivity index (χ0) is 17.9. The van der Waals surface area contributed by atoms with Crippen molar-refractivity contribution in [2.75, 3.05) is 21.3 Å². The van der Waals surface area contributed by atoms with Crippen LogP contribution in [0.5, 0.6) is 0 Å². The van der Waals surface area contributed by atoms with Crippen LogP contribution in [0.2, 0.25) is 0 Å². The van der Waals surface area contributed by atoms with Crippen LogP contribution < -0.4 is 0 Å². The zero-order valence-electron chi connectivity index (χ0n) is 14.0. The molecule has 130 valence electrons. The third-order valence-electron chi connectivity index (χ3n) is 3.91. The zero-order valence-corrected chi connectivity index (χ0v) is 14.9. The second-order valence-electron chi connectivity index (χ2n) is 5.21. The molecule has 2 rings (SSSR count). The van der Waals surface area contributed by atoms with E-state index in [0.717, 1.165) is 5.39 Å². The van der Waals surface area contributed by atoms with Crippen molar-refractivity contribution in [3.63, 3.8) is 0 Å². The van der Waals surface area contributed by atoms with Crippen molar-refractivity contribution in [2.24, 2.45) is 0 Å². The highest BCUT2D eigenvalue weighted by Crippen LogP contribution is 2.53. The van der Waals surface area contributed by atoms with E-state index in [1.54, 1.807) is 12.3 Å². The number of methoxy groups -OCH3 is 1. The minimum absolute atomic E-state index is 0.0619. The van der Waals surface area contributed by atoms with Gasteiger partial charge in [-0.05, 0) is 18.1 Å². The molecule has 2 aromatic rings. The van der Waals surface area contributed by atoms with Gasteiger partial charge in [-0.3, -0.25) is 18.7 Å². The molecule has 7 nitrogen and oxygen atoms in total. The van der Waals surface area contributed by atoms with E-state index in [4.69, 9.17) is 13.8 Å². The van der Waals surface area contributed by atoms with Gasteiger partial charge in [0.1, 0.15) is 0 Å². The first kappa shape index (κ1) is 18.4. The molecule has 0 aliphatic rings. The predicted octanol–water partition coefficient (Wildman–Crippen LogP) is 2.87. The van der Waals surface area contributed by atoms with Crippen LogP contribution in [0.25, 0.3) is 10.9 Å². The van der Waals surface area contributed by atoms with Crippen molar-refractivity contribution in [1.82, 2.24) is 4.57 Å². The summed E-state index contributed by atoms with van der Waals surface area (Å²) in [5, 5.41) is 0.792. The third kappa shape index (κ3) is 3.29. The average Bonchev–Trinajstić information content (AvgIpc) is 2.97. The second kappa shape index (κ2) is 7.30. The Labute approximate surface area is 140 Å². The maximum Gasteiger partial charge on any atom is 0.344 e. The molecule has 1 aromatic carbocycles. The van der Waals surface area contributed by atoms with Crippen molar-refractivity contribution in [1.29, 1.82) is 0 Å². The number of ether oxygens (including phenoxy) is 1. The van der Waals surface area contributed by atoms with Gasteiger partial charge in [0, 0.05) is 32.7 Å². The summed E-state index contributed by atoms with van der Waals surface area (Å²) in [6, 6.07) is 7.29. The summed E-state index contributed by atoms with van der Waals surface area (Å²) in [6.07, 6.45) is 1.70. The van der Waals surface area contributed by atoms with Crippen molar-refractivity contribution < 1.29 is 27.9 Å². The Morgan fingerprint density at radius 1 is 1.17 bits per heavy atom. The lowest BCUT2D eigenvalue weighted by atomic mass is 10.1. The first-order valence-electron chi connectivity index (χ1n) is 7.26. The highest BCUT2D eigenvalue weighted by atomic mass is 31.2. The predicted molar refractivity (Wildman–Crippen MR) is 89.4 cm³/mol. The number of hydrogen-bond acceptors (Lipinski definition) is 6.